The summed E-state index contributed by atoms with van der Waals surface area (Å²) < 4.78 is 0. The van der Waals surface area contributed by atoms with E-state index in [9.17, 15) is 0 Å². The van der Waals surface area contributed by atoms with Crippen LogP contribution in [-0.4, -0.2) is 5.60 Å². The fraction of sp³-hybridized carbons (Fsp3) is 0.600. The number of rotatable bonds is 4. The second-order valence-electron chi connectivity index (χ2n) is 6.03. The van der Waals surface area contributed by atoms with Gasteiger partial charge in [-0.1, -0.05) is 30.3 Å². The van der Waals surface area contributed by atoms with E-state index in [0.717, 1.165) is 0 Å². The van der Waals surface area contributed by atoms with Crippen molar-refractivity contribution in [2.24, 2.45) is 5.92 Å². The number of hydrogen-bond donors (Lipinski definition) is 0. The van der Waals surface area contributed by atoms with Gasteiger partial charge in [0.25, 0.3) is 0 Å². The summed E-state index contributed by atoms with van der Waals surface area (Å²) >= 11 is 0. The summed E-state index contributed by atoms with van der Waals surface area (Å²) in [5, 5.41) is 0. The summed E-state index contributed by atoms with van der Waals surface area (Å²) in [5.41, 5.74) is 0.617. The predicted octanol–water partition coefficient (Wildman–Crippen LogP) is 4.06. The SMILES string of the molecule is CC(C)(C)OOC(C)(c1ccccc1)C1CC1. The minimum Gasteiger partial charge on any atom is -0.230 e. The van der Waals surface area contributed by atoms with Crippen LogP contribution in [0.3, 0.4) is 0 Å². The molecule has 1 aromatic carbocycles. The number of benzene rings is 1. The summed E-state index contributed by atoms with van der Waals surface area (Å²) in [6, 6.07) is 10.4. The monoisotopic (exact) mass is 234 g/mol. The highest BCUT2D eigenvalue weighted by molar-refractivity contribution is 5.24. The molecule has 0 spiro atoms. The third-order valence-electron chi connectivity index (χ3n) is 3.17. The zero-order chi connectivity index (χ0) is 12.5. The Morgan fingerprint density at radius 2 is 1.53 bits per heavy atom. The van der Waals surface area contributed by atoms with Crippen LogP contribution in [0.25, 0.3) is 0 Å². The Kier molecular flexibility index (Phi) is 3.28. The Balaban J connectivity index is 2.16. The Bertz CT molecular complexity index is 362. The molecule has 1 aromatic rings. The topological polar surface area (TPSA) is 18.5 Å². The van der Waals surface area contributed by atoms with Gasteiger partial charge in [0, 0.05) is 0 Å². The number of hydrogen-bond acceptors (Lipinski definition) is 2. The van der Waals surface area contributed by atoms with Gasteiger partial charge in [-0.2, -0.15) is 0 Å². The van der Waals surface area contributed by atoms with Crippen molar-refractivity contribution in [3.05, 3.63) is 35.9 Å². The molecule has 0 aliphatic heterocycles. The van der Waals surface area contributed by atoms with E-state index in [1.54, 1.807) is 0 Å². The maximum Gasteiger partial charge on any atom is 0.128 e. The van der Waals surface area contributed by atoms with Gasteiger partial charge >= 0.3 is 0 Å². The average molecular weight is 234 g/mol. The normalized spacial score (nSPS) is 20.0. The van der Waals surface area contributed by atoms with Crippen molar-refractivity contribution in [2.75, 3.05) is 0 Å². The molecule has 2 heteroatoms. The van der Waals surface area contributed by atoms with E-state index in [2.05, 4.69) is 31.2 Å². The van der Waals surface area contributed by atoms with Crippen molar-refractivity contribution in [1.29, 1.82) is 0 Å². The molecule has 0 saturated heterocycles. The lowest BCUT2D eigenvalue weighted by Crippen LogP contribution is -2.33. The largest absolute Gasteiger partial charge is 0.230 e. The molecule has 0 N–H and O–H groups in total. The second kappa shape index (κ2) is 4.43. The molecule has 1 atom stereocenters. The molecule has 1 unspecified atom stereocenters. The highest BCUT2D eigenvalue weighted by atomic mass is 17.2. The molecule has 17 heavy (non-hydrogen) atoms. The van der Waals surface area contributed by atoms with Gasteiger partial charge in [0.1, 0.15) is 5.60 Å². The van der Waals surface area contributed by atoms with Crippen molar-refractivity contribution in [1.82, 2.24) is 0 Å². The van der Waals surface area contributed by atoms with Crippen LogP contribution in [0, 0.1) is 5.92 Å². The molecule has 1 aliphatic rings. The minimum absolute atomic E-state index is 0.273. The highest BCUT2D eigenvalue weighted by Crippen LogP contribution is 2.48. The summed E-state index contributed by atoms with van der Waals surface area (Å²) in [6.07, 6.45) is 2.44. The van der Waals surface area contributed by atoms with Crippen LogP contribution in [0.15, 0.2) is 30.3 Å². The summed E-state index contributed by atoms with van der Waals surface area (Å²) in [6.45, 7) is 8.15. The van der Waals surface area contributed by atoms with Gasteiger partial charge < -0.3 is 0 Å². The van der Waals surface area contributed by atoms with Crippen molar-refractivity contribution >= 4 is 0 Å². The first kappa shape index (κ1) is 12.6. The van der Waals surface area contributed by atoms with Crippen LogP contribution in [0.2, 0.25) is 0 Å². The van der Waals surface area contributed by atoms with E-state index in [4.69, 9.17) is 9.78 Å². The molecule has 0 bridgehead atoms. The maximum absolute atomic E-state index is 5.80. The molecule has 1 fully saturated rings. The molecule has 1 aliphatic carbocycles. The van der Waals surface area contributed by atoms with Crippen molar-refractivity contribution in [2.45, 2.75) is 51.7 Å². The van der Waals surface area contributed by atoms with E-state index in [1.807, 2.05) is 26.8 Å². The quantitative estimate of drug-likeness (QED) is 0.578. The molecule has 0 radical (unpaired) electrons. The zero-order valence-corrected chi connectivity index (χ0v) is 11.2. The standard InChI is InChI=1S/C15H22O2/c1-14(2,3)16-17-15(4,13-10-11-13)12-8-6-5-7-9-12/h5-9,13H,10-11H2,1-4H3. The van der Waals surface area contributed by atoms with Crippen molar-refractivity contribution in [3.8, 4) is 0 Å². The van der Waals surface area contributed by atoms with Crippen LogP contribution in [0.4, 0.5) is 0 Å². The van der Waals surface area contributed by atoms with Gasteiger partial charge in [0.15, 0.2) is 0 Å². The molecule has 0 amide bonds. The Hall–Kier alpha value is -0.860. The van der Waals surface area contributed by atoms with Crippen LogP contribution in [-0.2, 0) is 15.4 Å². The minimum atomic E-state index is -0.311. The van der Waals surface area contributed by atoms with Gasteiger partial charge in [-0.15, -0.1) is 0 Å². The smallest absolute Gasteiger partial charge is 0.128 e. The van der Waals surface area contributed by atoms with Crippen LogP contribution in [0.5, 0.6) is 0 Å². The van der Waals surface area contributed by atoms with Crippen molar-refractivity contribution < 1.29 is 9.78 Å². The Morgan fingerprint density at radius 3 is 2.00 bits per heavy atom. The van der Waals surface area contributed by atoms with E-state index in [1.165, 1.54) is 18.4 Å². The van der Waals surface area contributed by atoms with Gasteiger partial charge in [0.2, 0.25) is 0 Å². The molecule has 0 aromatic heterocycles. The summed E-state index contributed by atoms with van der Waals surface area (Å²) in [7, 11) is 0. The molecular weight excluding hydrogens is 212 g/mol. The fourth-order valence-electron chi connectivity index (χ4n) is 1.97. The third kappa shape index (κ3) is 3.08. The average Bonchev–Trinajstić information content (AvgIpc) is 3.10. The Labute approximate surface area is 104 Å². The second-order valence-corrected chi connectivity index (χ2v) is 6.03. The molecule has 0 heterocycles. The third-order valence-corrected chi connectivity index (χ3v) is 3.17. The lowest BCUT2D eigenvalue weighted by atomic mass is 9.91. The van der Waals surface area contributed by atoms with Crippen LogP contribution < -0.4 is 0 Å². The van der Waals surface area contributed by atoms with Gasteiger partial charge in [-0.05, 0) is 52.0 Å². The van der Waals surface area contributed by atoms with E-state index < -0.39 is 0 Å². The predicted molar refractivity (Wildman–Crippen MR) is 68.4 cm³/mol. The highest BCUT2D eigenvalue weighted by Gasteiger charge is 2.45. The molecule has 94 valence electrons. The van der Waals surface area contributed by atoms with E-state index in [0.29, 0.717) is 5.92 Å². The summed E-state index contributed by atoms with van der Waals surface area (Å²) in [5.74, 6) is 0.576. The van der Waals surface area contributed by atoms with Crippen LogP contribution >= 0.6 is 0 Å². The zero-order valence-electron chi connectivity index (χ0n) is 11.2. The van der Waals surface area contributed by atoms with Crippen molar-refractivity contribution in [3.63, 3.8) is 0 Å². The molecular formula is C15H22O2. The van der Waals surface area contributed by atoms with Gasteiger partial charge in [0.05, 0.1) is 5.60 Å². The van der Waals surface area contributed by atoms with E-state index >= 15 is 0 Å². The molecule has 1 saturated carbocycles. The first-order valence-electron chi connectivity index (χ1n) is 6.34. The summed E-state index contributed by atoms with van der Waals surface area (Å²) in [4.78, 5) is 11.4. The van der Waals surface area contributed by atoms with Gasteiger partial charge in [-0.3, -0.25) is 0 Å². The maximum atomic E-state index is 5.80. The van der Waals surface area contributed by atoms with Gasteiger partial charge in [-0.25, -0.2) is 9.78 Å². The molecule has 2 rings (SSSR count). The van der Waals surface area contributed by atoms with E-state index in [-0.39, 0.29) is 11.2 Å². The first-order valence-corrected chi connectivity index (χ1v) is 6.34. The lowest BCUT2D eigenvalue weighted by molar-refractivity contribution is -0.410. The first-order chi connectivity index (χ1) is 7.92. The lowest BCUT2D eigenvalue weighted by Gasteiger charge is -2.32. The fourth-order valence-corrected chi connectivity index (χ4v) is 1.97. The van der Waals surface area contributed by atoms with Crippen LogP contribution in [0.1, 0.15) is 46.1 Å². The molecule has 2 nitrogen and oxygen atoms in total. The Morgan fingerprint density at radius 1 is 0.941 bits per heavy atom.